The van der Waals surface area contributed by atoms with E-state index in [1.54, 1.807) is 0 Å². The number of nitrogens with zero attached hydrogens (tertiary/aromatic N) is 1. The van der Waals surface area contributed by atoms with Crippen molar-refractivity contribution < 1.29 is 16.8 Å². The van der Waals surface area contributed by atoms with Crippen molar-refractivity contribution in [3.63, 3.8) is 0 Å². The third-order valence-electron chi connectivity index (χ3n) is 3.04. The van der Waals surface area contributed by atoms with E-state index >= 15 is 0 Å². The van der Waals surface area contributed by atoms with Gasteiger partial charge in [-0.25, -0.2) is 13.1 Å². The Morgan fingerprint density at radius 2 is 2.11 bits per heavy atom. The molecule has 1 unspecified atom stereocenters. The molecular weight excluding hydrogens is 278 g/mol. The molecule has 1 rings (SSSR count). The number of nitrogens with one attached hydrogen (secondary N) is 1. The molecular formula is C9H21N3O4S2. The Balaban J connectivity index is 2.52. The van der Waals surface area contributed by atoms with Crippen molar-refractivity contribution in [3.05, 3.63) is 0 Å². The third-order valence-corrected chi connectivity index (χ3v) is 6.85. The van der Waals surface area contributed by atoms with Gasteiger partial charge in [0.1, 0.15) is 0 Å². The first kappa shape index (κ1) is 15.8. The van der Waals surface area contributed by atoms with Gasteiger partial charge >= 0.3 is 0 Å². The summed E-state index contributed by atoms with van der Waals surface area (Å²) in [4.78, 5) is 0. The normalized spacial score (nSPS) is 23.6. The molecule has 1 heterocycles. The van der Waals surface area contributed by atoms with Gasteiger partial charge in [-0.1, -0.05) is 0 Å². The van der Waals surface area contributed by atoms with Gasteiger partial charge < -0.3 is 5.73 Å². The average Bonchev–Trinajstić information content (AvgIpc) is 2.62. The lowest BCUT2D eigenvalue weighted by molar-refractivity contribution is 0.452. The summed E-state index contributed by atoms with van der Waals surface area (Å²) in [6, 6.07) is 0. The number of rotatable bonds is 7. The zero-order chi connectivity index (χ0) is 13.8. The van der Waals surface area contributed by atoms with Crippen molar-refractivity contribution in [1.29, 1.82) is 0 Å². The van der Waals surface area contributed by atoms with Crippen molar-refractivity contribution in [2.45, 2.75) is 24.5 Å². The van der Waals surface area contributed by atoms with Crippen LogP contribution < -0.4 is 10.5 Å². The molecule has 0 aliphatic carbocycles. The van der Waals surface area contributed by atoms with Crippen LogP contribution in [0.5, 0.6) is 0 Å². The fourth-order valence-electron chi connectivity index (χ4n) is 1.83. The van der Waals surface area contributed by atoms with Crippen LogP contribution in [0.1, 0.15) is 19.3 Å². The van der Waals surface area contributed by atoms with E-state index in [0.717, 1.165) is 4.31 Å². The molecule has 3 N–H and O–H groups in total. The van der Waals surface area contributed by atoms with E-state index in [4.69, 9.17) is 5.73 Å². The van der Waals surface area contributed by atoms with Crippen LogP contribution in [0.15, 0.2) is 0 Å². The van der Waals surface area contributed by atoms with Crippen LogP contribution in [0.3, 0.4) is 0 Å². The maximum atomic E-state index is 11.8. The minimum Gasteiger partial charge on any atom is -0.330 e. The number of hydrogen-bond donors (Lipinski definition) is 2. The fraction of sp³-hybridized carbons (Fsp3) is 1.00. The van der Waals surface area contributed by atoms with Crippen molar-refractivity contribution in [2.75, 3.05) is 32.4 Å². The van der Waals surface area contributed by atoms with E-state index in [2.05, 4.69) is 4.72 Å². The SMILES string of the molecule is CN(CCCN)S(=O)(=O)NCC1CCCS1(=O)=O. The molecule has 108 valence electrons. The van der Waals surface area contributed by atoms with E-state index in [0.29, 0.717) is 32.4 Å². The van der Waals surface area contributed by atoms with Crippen LogP contribution in [-0.4, -0.2) is 58.8 Å². The molecule has 0 bridgehead atoms. The average molecular weight is 299 g/mol. The van der Waals surface area contributed by atoms with Gasteiger partial charge in [-0.05, 0) is 25.8 Å². The third kappa shape index (κ3) is 4.16. The van der Waals surface area contributed by atoms with Crippen LogP contribution in [0.4, 0.5) is 0 Å². The van der Waals surface area contributed by atoms with Gasteiger partial charge in [0.25, 0.3) is 10.2 Å². The Hall–Kier alpha value is -0.220. The molecule has 0 radical (unpaired) electrons. The highest BCUT2D eigenvalue weighted by molar-refractivity contribution is 7.92. The highest BCUT2D eigenvalue weighted by atomic mass is 32.2. The lowest BCUT2D eigenvalue weighted by Gasteiger charge is -2.18. The summed E-state index contributed by atoms with van der Waals surface area (Å²) in [6.07, 6.45) is 1.70. The second-order valence-corrected chi connectivity index (χ2v) is 8.71. The smallest absolute Gasteiger partial charge is 0.279 e. The highest BCUT2D eigenvalue weighted by Crippen LogP contribution is 2.19. The number of nitrogens with two attached hydrogens (primary N) is 1. The van der Waals surface area contributed by atoms with Gasteiger partial charge in [0, 0.05) is 20.1 Å². The largest absolute Gasteiger partial charge is 0.330 e. The van der Waals surface area contributed by atoms with Gasteiger partial charge in [0.05, 0.1) is 11.0 Å². The maximum Gasteiger partial charge on any atom is 0.279 e. The number of hydrogen-bond acceptors (Lipinski definition) is 5. The molecule has 1 aliphatic rings. The minimum absolute atomic E-state index is 0.0440. The summed E-state index contributed by atoms with van der Waals surface area (Å²) in [6.45, 7) is 0.692. The van der Waals surface area contributed by atoms with Crippen LogP contribution in [0.25, 0.3) is 0 Å². The van der Waals surface area contributed by atoms with Crippen molar-refractivity contribution >= 4 is 20.0 Å². The van der Waals surface area contributed by atoms with Gasteiger partial charge in [-0.2, -0.15) is 12.7 Å². The van der Waals surface area contributed by atoms with Gasteiger partial charge in [0.2, 0.25) is 0 Å². The summed E-state index contributed by atoms with van der Waals surface area (Å²) >= 11 is 0. The first-order valence-electron chi connectivity index (χ1n) is 5.92. The predicted molar refractivity (Wildman–Crippen MR) is 70.0 cm³/mol. The van der Waals surface area contributed by atoms with Crippen LogP contribution in [-0.2, 0) is 20.0 Å². The predicted octanol–water partition coefficient (Wildman–Crippen LogP) is -1.32. The van der Waals surface area contributed by atoms with E-state index in [-0.39, 0.29) is 12.3 Å². The lowest BCUT2D eigenvalue weighted by atomic mass is 10.2. The molecule has 0 aromatic heterocycles. The Morgan fingerprint density at radius 3 is 2.61 bits per heavy atom. The molecule has 1 fully saturated rings. The first-order valence-corrected chi connectivity index (χ1v) is 9.07. The summed E-state index contributed by atoms with van der Waals surface area (Å²) in [5.74, 6) is 0.155. The zero-order valence-corrected chi connectivity index (χ0v) is 12.1. The Kier molecular flexibility index (Phi) is 5.53. The molecule has 0 spiro atoms. The lowest BCUT2D eigenvalue weighted by Crippen LogP contribution is -2.43. The van der Waals surface area contributed by atoms with Crippen LogP contribution >= 0.6 is 0 Å². The molecule has 1 aliphatic heterocycles. The monoisotopic (exact) mass is 299 g/mol. The topological polar surface area (TPSA) is 110 Å². The van der Waals surface area contributed by atoms with E-state index in [1.165, 1.54) is 7.05 Å². The molecule has 9 heteroatoms. The molecule has 0 amide bonds. The molecule has 0 saturated carbocycles. The fourth-order valence-corrected chi connectivity index (χ4v) is 4.70. The van der Waals surface area contributed by atoms with E-state index in [9.17, 15) is 16.8 Å². The Morgan fingerprint density at radius 1 is 1.44 bits per heavy atom. The number of sulfone groups is 1. The van der Waals surface area contributed by atoms with E-state index < -0.39 is 25.3 Å². The van der Waals surface area contributed by atoms with Gasteiger partial charge in [-0.15, -0.1) is 0 Å². The summed E-state index contributed by atoms with van der Waals surface area (Å²) in [5.41, 5.74) is 5.31. The maximum absolute atomic E-state index is 11.8. The molecule has 18 heavy (non-hydrogen) atoms. The standard InChI is InChI=1S/C9H21N3O4S2/c1-12(6-3-5-10)18(15,16)11-8-9-4-2-7-17(9,13)14/h9,11H,2-8,10H2,1H3. The zero-order valence-electron chi connectivity index (χ0n) is 10.5. The summed E-state index contributed by atoms with van der Waals surface area (Å²) in [5, 5.41) is -0.588. The van der Waals surface area contributed by atoms with Crippen molar-refractivity contribution in [3.8, 4) is 0 Å². The Labute approximate surface area is 109 Å². The molecule has 1 atom stereocenters. The van der Waals surface area contributed by atoms with E-state index in [1.807, 2.05) is 0 Å². The van der Waals surface area contributed by atoms with Gasteiger partial charge in [0.15, 0.2) is 9.84 Å². The second-order valence-electron chi connectivity index (χ2n) is 4.45. The van der Waals surface area contributed by atoms with Crippen LogP contribution in [0.2, 0.25) is 0 Å². The molecule has 1 saturated heterocycles. The summed E-state index contributed by atoms with van der Waals surface area (Å²) < 4.78 is 50.2. The second kappa shape index (κ2) is 6.29. The van der Waals surface area contributed by atoms with Crippen LogP contribution in [0, 0.1) is 0 Å². The summed E-state index contributed by atoms with van der Waals surface area (Å²) in [7, 11) is -5.28. The molecule has 0 aromatic rings. The molecule has 0 aromatic carbocycles. The van der Waals surface area contributed by atoms with Crippen molar-refractivity contribution in [2.24, 2.45) is 5.73 Å². The highest BCUT2D eigenvalue weighted by Gasteiger charge is 2.32. The minimum atomic E-state index is -3.61. The first-order chi connectivity index (χ1) is 8.29. The quantitative estimate of drug-likeness (QED) is 0.606. The Bertz CT molecular complexity index is 460. The van der Waals surface area contributed by atoms with Crippen molar-refractivity contribution in [1.82, 2.24) is 9.03 Å². The molecule has 7 nitrogen and oxygen atoms in total. The van der Waals surface area contributed by atoms with Gasteiger partial charge in [-0.3, -0.25) is 0 Å².